The van der Waals surface area contributed by atoms with Crippen LogP contribution in [0.2, 0.25) is 0 Å². The van der Waals surface area contributed by atoms with E-state index in [9.17, 15) is 13.2 Å². The molecule has 3 rings (SSSR count). The van der Waals surface area contributed by atoms with Crippen molar-refractivity contribution in [2.24, 2.45) is 0 Å². The Morgan fingerprint density at radius 3 is 2.70 bits per heavy atom. The number of fused-ring (bicyclic) bond motifs is 3. The molecule has 0 unspecified atom stereocenters. The van der Waals surface area contributed by atoms with Crippen LogP contribution in [-0.2, 0) is 17.5 Å². The van der Waals surface area contributed by atoms with E-state index in [1.165, 1.54) is 6.07 Å². The van der Waals surface area contributed by atoms with E-state index in [4.69, 9.17) is 4.74 Å². The van der Waals surface area contributed by atoms with Gasteiger partial charge in [-0.3, -0.25) is 4.90 Å². The molecule has 3 heterocycles. The highest BCUT2D eigenvalue weighted by molar-refractivity contribution is 5.51. The third-order valence-electron chi connectivity index (χ3n) is 4.63. The lowest BCUT2D eigenvalue weighted by Crippen LogP contribution is -2.60. The molecule has 0 saturated carbocycles. The van der Waals surface area contributed by atoms with Crippen molar-refractivity contribution in [3.8, 4) is 0 Å². The van der Waals surface area contributed by atoms with Crippen LogP contribution in [0.5, 0.6) is 0 Å². The molecule has 0 aromatic carbocycles. The van der Waals surface area contributed by atoms with Crippen molar-refractivity contribution >= 4 is 5.82 Å². The quantitative estimate of drug-likeness (QED) is 0.792. The first-order valence-corrected chi connectivity index (χ1v) is 7.93. The van der Waals surface area contributed by atoms with Gasteiger partial charge in [0.05, 0.1) is 24.8 Å². The van der Waals surface area contributed by atoms with E-state index in [-0.39, 0.29) is 18.7 Å². The number of ether oxygens (including phenoxy) is 1. The maximum absolute atomic E-state index is 12.9. The number of piperazine rings is 1. The maximum atomic E-state index is 12.9. The summed E-state index contributed by atoms with van der Waals surface area (Å²) in [5.41, 5.74) is -0.195. The van der Waals surface area contributed by atoms with Gasteiger partial charge in [-0.05, 0) is 26.8 Å². The van der Waals surface area contributed by atoms with Gasteiger partial charge in [0.1, 0.15) is 5.82 Å². The second-order valence-corrected chi connectivity index (χ2v) is 6.68. The lowest BCUT2D eigenvalue weighted by atomic mass is 10.0. The molecule has 23 heavy (non-hydrogen) atoms. The van der Waals surface area contributed by atoms with Crippen molar-refractivity contribution in [2.45, 2.75) is 51.7 Å². The van der Waals surface area contributed by atoms with Crippen molar-refractivity contribution in [3.63, 3.8) is 0 Å². The summed E-state index contributed by atoms with van der Waals surface area (Å²) in [5.74, 6) is 0.636. The molecule has 1 aromatic rings. The van der Waals surface area contributed by atoms with Crippen molar-refractivity contribution in [3.05, 3.63) is 23.4 Å². The standard InChI is InChI=1S/C16H22F3N3O/c1-10(2)21-6-11(3)22-14(7-21)9-23-8-12-4-13(16(17,18)19)5-20-15(12)22/h4-5,10-11,14H,6-9H2,1-3H3/t11-,14-/m1/s1. The highest BCUT2D eigenvalue weighted by atomic mass is 19.4. The van der Waals surface area contributed by atoms with Crippen LogP contribution in [0.4, 0.5) is 19.0 Å². The van der Waals surface area contributed by atoms with Gasteiger partial charge in [-0.2, -0.15) is 13.2 Å². The third kappa shape index (κ3) is 3.17. The van der Waals surface area contributed by atoms with Gasteiger partial charge in [0, 0.05) is 36.9 Å². The number of hydrogen-bond donors (Lipinski definition) is 0. The van der Waals surface area contributed by atoms with Gasteiger partial charge in [0.25, 0.3) is 0 Å². The van der Waals surface area contributed by atoms with Gasteiger partial charge in [0.2, 0.25) is 0 Å². The normalized spacial score (nSPS) is 26.0. The average Bonchev–Trinajstić information content (AvgIpc) is 2.64. The number of nitrogens with zero attached hydrogens (tertiary/aromatic N) is 3. The lowest BCUT2D eigenvalue weighted by Gasteiger charge is -2.47. The first-order chi connectivity index (χ1) is 10.8. The van der Waals surface area contributed by atoms with Crippen LogP contribution in [0.25, 0.3) is 0 Å². The molecular formula is C16H22F3N3O. The number of anilines is 1. The zero-order valence-corrected chi connectivity index (χ0v) is 13.6. The second-order valence-electron chi connectivity index (χ2n) is 6.68. The Hall–Kier alpha value is -1.34. The Kier molecular flexibility index (Phi) is 4.27. The summed E-state index contributed by atoms with van der Waals surface area (Å²) in [6.07, 6.45) is -3.45. The predicted molar refractivity (Wildman–Crippen MR) is 81.3 cm³/mol. The zero-order chi connectivity index (χ0) is 16.8. The summed E-state index contributed by atoms with van der Waals surface area (Å²) in [6, 6.07) is 1.90. The van der Waals surface area contributed by atoms with Gasteiger partial charge < -0.3 is 9.64 Å². The smallest absolute Gasteiger partial charge is 0.374 e. The molecule has 0 amide bonds. The maximum Gasteiger partial charge on any atom is 0.417 e. The Labute approximate surface area is 134 Å². The van der Waals surface area contributed by atoms with Crippen molar-refractivity contribution < 1.29 is 17.9 Å². The molecule has 128 valence electrons. The lowest BCUT2D eigenvalue weighted by molar-refractivity contribution is -0.137. The summed E-state index contributed by atoms with van der Waals surface area (Å²) >= 11 is 0. The average molecular weight is 329 g/mol. The van der Waals surface area contributed by atoms with E-state index in [2.05, 4.69) is 35.6 Å². The zero-order valence-electron chi connectivity index (χ0n) is 13.6. The fraction of sp³-hybridized carbons (Fsp3) is 0.688. The summed E-state index contributed by atoms with van der Waals surface area (Å²) in [7, 11) is 0. The molecule has 0 radical (unpaired) electrons. The van der Waals surface area contributed by atoms with Crippen molar-refractivity contribution in [2.75, 3.05) is 24.6 Å². The Balaban J connectivity index is 1.95. The van der Waals surface area contributed by atoms with E-state index in [0.717, 1.165) is 19.3 Å². The van der Waals surface area contributed by atoms with E-state index in [1.54, 1.807) is 0 Å². The molecule has 4 nitrogen and oxygen atoms in total. The fourth-order valence-electron chi connectivity index (χ4n) is 3.46. The van der Waals surface area contributed by atoms with E-state index < -0.39 is 11.7 Å². The largest absolute Gasteiger partial charge is 0.417 e. The van der Waals surface area contributed by atoms with Crippen molar-refractivity contribution in [1.29, 1.82) is 0 Å². The number of halogens is 3. The number of rotatable bonds is 1. The van der Waals surface area contributed by atoms with E-state index in [1.807, 2.05) is 0 Å². The van der Waals surface area contributed by atoms with Crippen LogP contribution in [0, 0.1) is 0 Å². The molecule has 0 aliphatic carbocycles. The summed E-state index contributed by atoms with van der Waals surface area (Å²) < 4.78 is 44.4. The van der Waals surface area contributed by atoms with Crippen LogP contribution in [0.15, 0.2) is 12.3 Å². The minimum atomic E-state index is -4.38. The van der Waals surface area contributed by atoms with Gasteiger partial charge >= 0.3 is 6.18 Å². The first kappa shape index (κ1) is 16.5. The second kappa shape index (κ2) is 5.94. The van der Waals surface area contributed by atoms with E-state index >= 15 is 0 Å². The van der Waals surface area contributed by atoms with Gasteiger partial charge in [-0.1, -0.05) is 0 Å². The fourth-order valence-corrected chi connectivity index (χ4v) is 3.46. The minimum Gasteiger partial charge on any atom is -0.374 e. The number of hydrogen-bond acceptors (Lipinski definition) is 4. The van der Waals surface area contributed by atoms with E-state index in [0.29, 0.717) is 24.0 Å². The molecule has 2 aliphatic rings. The van der Waals surface area contributed by atoms with Crippen LogP contribution in [-0.4, -0.2) is 47.7 Å². The molecule has 1 fully saturated rings. The number of pyridine rings is 1. The Bertz CT molecular complexity index is 576. The first-order valence-electron chi connectivity index (χ1n) is 7.93. The number of aromatic nitrogens is 1. The Morgan fingerprint density at radius 1 is 1.30 bits per heavy atom. The molecule has 7 heteroatoms. The Morgan fingerprint density at radius 2 is 2.04 bits per heavy atom. The van der Waals surface area contributed by atoms with Crippen LogP contribution < -0.4 is 4.90 Å². The monoisotopic (exact) mass is 329 g/mol. The van der Waals surface area contributed by atoms with Crippen LogP contribution in [0.3, 0.4) is 0 Å². The van der Waals surface area contributed by atoms with Crippen LogP contribution >= 0.6 is 0 Å². The highest BCUT2D eigenvalue weighted by Gasteiger charge is 2.38. The molecule has 0 spiro atoms. The molecule has 1 saturated heterocycles. The number of alkyl halides is 3. The van der Waals surface area contributed by atoms with Gasteiger partial charge in [-0.25, -0.2) is 4.98 Å². The van der Waals surface area contributed by atoms with Crippen molar-refractivity contribution in [1.82, 2.24) is 9.88 Å². The van der Waals surface area contributed by atoms with Gasteiger partial charge in [-0.15, -0.1) is 0 Å². The summed E-state index contributed by atoms with van der Waals surface area (Å²) in [5, 5.41) is 0. The molecule has 2 aliphatic heterocycles. The molecule has 1 aromatic heterocycles. The van der Waals surface area contributed by atoms with Gasteiger partial charge in [0.15, 0.2) is 0 Å². The minimum absolute atomic E-state index is 0.117. The molecule has 2 atom stereocenters. The topological polar surface area (TPSA) is 28.6 Å². The molecular weight excluding hydrogens is 307 g/mol. The molecule has 0 bridgehead atoms. The predicted octanol–water partition coefficient (Wildman–Crippen LogP) is 2.92. The molecule has 0 N–H and O–H groups in total. The third-order valence-corrected chi connectivity index (χ3v) is 4.63. The van der Waals surface area contributed by atoms with Crippen LogP contribution in [0.1, 0.15) is 31.9 Å². The summed E-state index contributed by atoms with van der Waals surface area (Å²) in [6.45, 7) is 8.79. The summed E-state index contributed by atoms with van der Waals surface area (Å²) in [4.78, 5) is 8.68. The SMILES string of the molecule is CC(C)N1C[C@@H]2COCc3cc(C(F)(F)F)cnc3N2[C@H](C)C1. The highest BCUT2D eigenvalue weighted by Crippen LogP contribution is 2.35.